The molecule has 2 aromatic rings. The summed E-state index contributed by atoms with van der Waals surface area (Å²) < 4.78 is 6.32. The summed E-state index contributed by atoms with van der Waals surface area (Å²) in [5.74, 6) is 1.32. The third-order valence-electron chi connectivity index (χ3n) is 2.10. The molecular formula is C12H8INO3. The SMILES string of the molecule is O=[N+]([O-])c1ccc(Oc2ccccc2)c(I)c1. The normalized spacial score (nSPS) is 9.94. The van der Waals surface area contributed by atoms with Crippen LogP contribution in [0.5, 0.6) is 11.5 Å². The maximum atomic E-state index is 10.6. The van der Waals surface area contributed by atoms with E-state index in [1.807, 2.05) is 52.9 Å². The van der Waals surface area contributed by atoms with Crippen LogP contribution in [0.4, 0.5) is 5.69 Å². The van der Waals surface area contributed by atoms with Crippen LogP contribution in [0.2, 0.25) is 0 Å². The van der Waals surface area contributed by atoms with Gasteiger partial charge in [-0.05, 0) is 40.8 Å². The van der Waals surface area contributed by atoms with Crippen molar-refractivity contribution in [1.29, 1.82) is 0 Å². The van der Waals surface area contributed by atoms with Crippen LogP contribution in [0.25, 0.3) is 0 Å². The molecule has 0 aromatic heterocycles. The number of rotatable bonds is 3. The average molecular weight is 341 g/mol. The van der Waals surface area contributed by atoms with Crippen LogP contribution in [0.1, 0.15) is 0 Å². The fraction of sp³-hybridized carbons (Fsp3) is 0. The molecule has 5 heteroatoms. The zero-order valence-electron chi connectivity index (χ0n) is 8.67. The molecule has 0 aliphatic carbocycles. The largest absolute Gasteiger partial charge is 0.456 e. The van der Waals surface area contributed by atoms with Gasteiger partial charge in [-0.2, -0.15) is 0 Å². The molecule has 0 fully saturated rings. The highest BCUT2D eigenvalue weighted by Crippen LogP contribution is 2.29. The number of ether oxygens (including phenoxy) is 1. The van der Waals surface area contributed by atoms with Gasteiger partial charge in [0.1, 0.15) is 11.5 Å². The average Bonchev–Trinajstić information content (AvgIpc) is 2.33. The molecule has 2 aromatic carbocycles. The maximum Gasteiger partial charge on any atom is 0.270 e. The molecule has 0 amide bonds. The molecule has 0 aliphatic rings. The van der Waals surface area contributed by atoms with E-state index in [-0.39, 0.29) is 5.69 Å². The summed E-state index contributed by atoms with van der Waals surface area (Å²) in [7, 11) is 0. The highest BCUT2D eigenvalue weighted by molar-refractivity contribution is 14.1. The number of non-ortho nitro benzene ring substituents is 1. The van der Waals surface area contributed by atoms with E-state index < -0.39 is 4.92 Å². The molecule has 0 atom stereocenters. The van der Waals surface area contributed by atoms with Crippen LogP contribution in [0.15, 0.2) is 48.5 Å². The Balaban J connectivity index is 2.26. The minimum Gasteiger partial charge on any atom is -0.456 e. The predicted octanol–water partition coefficient (Wildman–Crippen LogP) is 3.99. The topological polar surface area (TPSA) is 52.4 Å². The molecule has 0 radical (unpaired) electrons. The van der Waals surface area contributed by atoms with Gasteiger partial charge >= 0.3 is 0 Å². The zero-order valence-corrected chi connectivity index (χ0v) is 10.8. The van der Waals surface area contributed by atoms with Crippen molar-refractivity contribution in [3.8, 4) is 11.5 Å². The molecule has 0 unspecified atom stereocenters. The number of para-hydroxylation sites is 1. The van der Waals surface area contributed by atoms with E-state index in [1.165, 1.54) is 12.1 Å². The lowest BCUT2D eigenvalue weighted by Gasteiger charge is -2.06. The van der Waals surface area contributed by atoms with Crippen molar-refractivity contribution in [3.05, 3.63) is 62.2 Å². The number of nitrogens with zero attached hydrogens (tertiary/aromatic N) is 1. The van der Waals surface area contributed by atoms with Gasteiger partial charge < -0.3 is 4.74 Å². The summed E-state index contributed by atoms with van der Waals surface area (Å²) in [6.45, 7) is 0. The Labute approximate surface area is 112 Å². The Kier molecular flexibility index (Phi) is 3.58. The lowest BCUT2D eigenvalue weighted by atomic mass is 10.3. The molecule has 0 bridgehead atoms. The van der Waals surface area contributed by atoms with Crippen molar-refractivity contribution in [2.24, 2.45) is 0 Å². The van der Waals surface area contributed by atoms with Crippen molar-refractivity contribution in [2.75, 3.05) is 0 Å². The smallest absolute Gasteiger partial charge is 0.270 e. The Morgan fingerprint density at radius 1 is 1.12 bits per heavy atom. The van der Waals surface area contributed by atoms with Gasteiger partial charge in [-0.15, -0.1) is 0 Å². The monoisotopic (exact) mass is 341 g/mol. The molecule has 17 heavy (non-hydrogen) atoms. The summed E-state index contributed by atoms with van der Waals surface area (Å²) >= 11 is 2.02. The fourth-order valence-electron chi connectivity index (χ4n) is 1.30. The van der Waals surface area contributed by atoms with Gasteiger partial charge in [-0.25, -0.2) is 0 Å². The summed E-state index contributed by atoms with van der Waals surface area (Å²) in [6.07, 6.45) is 0. The third-order valence-corrected chi connectivity index (χ3v) is 2.94. The number of benzene rings is 2. The Morgan fingerprint density at radius 2 is 1.82 bits per heavy atom. The summed E-state index contributed by atoms with van der Waals surface area (Å²) in [4.78, 5) is 10.2. The van der Waals surface area contributed by atoms with E-state index in [0.29, 0.717) is 15.1 Å². The van der Waals surface area contributed by atoms with Crippen LogP contribution in [-0.2, 0) is 0 Å². The van der Waals surface area contributed by atoms with Gasteiger partial charge in [-0.1, -0.05) is 18.2 Å². The molecule has 0 saturated heterocycles. The molecule has 0 N–H and O–H groups in total. The lowest BCUT2D eigenvalue weighted by Crippen LogP contribution is -1.91. The van der Waals surface area contributed by atoms with E-state index in [4.69, 9.17) is 4.74 Å². The maximum absolute atomic E-state index is 10.6. The van der Waals surface area contributed by atoms with Crippen LogP contribution < -0.4 is 4.74 Å². The second kappa shape index (κ2) is 5.13. The Bertz CT molecular complexity index is 543. The van der Waals surface area contributed by atoms with Gasteiger partial charge in [-0.3, -0.25) is 10.1 Å². The second-order valence-electron chi connectivity index (χ2n) is 3.29. The molecule has 4 nitrogen and oxygen atoms in total. The first kappa shape index (κ1) is 11.8. The fourth-order valence-corrected chi connectivity index (χ4v) is 1.91. The van der Waals surface area contributed by atoms with Crippen LogP contribution in [0.3, 0.4) is 0 Å². The van der Waals surface area contributed by atoms with Gasteiger partial charge in [0, 0.05) is 12.1 Å². The number of hydrogen-bond acceptors (Lipinski definition) is 3. The van der Waals surface area contributed by atoms with E-state index in [9.17, 15) is 10.1 Å². The van der Waals surface area contributed by atoms with E-state index >= 15 is 0 Å². The van der Waals surface area contributed by atoms with Crippen LogP contribution in [0, 0.1) is 13.7 Å². The van der Waals surface area contributed by atoms with Crippen LogP contribution in [-0.4, -0.2) is 4.92 Å². The predicted molar refractivity (Wildman–Crippen MR) is 72.3 cm³/mol. The summed E-state index contributed by atoms with van der Waals surface area (Å²) in [5, 5.41) is 10.6. The first-order valence-corrected chi connectivity index (χ1v) is 5.91. The van der Waals surface area contributed by atoms with Crippen molar-refractivity contribution < 1.29 is 9.66 Å². The van der Waals surface area contributed by atoms with E-state index in [2.05, 4.69) is 0 Å². The highest BCUT2D eigenvalue weighted by Gasteiger charge is 2.10. The third kappa shape index (κ3) is 2.94. The number of hydrogen-bond donors (Lipinski definition) is 0. The Morgan fingerprint density at radius 3 is 2.41 bits per heavy atom. The quantitative estimate of drug-likeness (QED) is 0.482. The molecule has 0 aliphatic heterocycles. The number of nitro groups is 1. The van der Waals surface area contributed by atoms with Crippen molar-refractivity contribution in [2.45, 2.75) is 0 Å². The summed E-state index contributed by atoms with van der Waals surface area (Å²) in [6, 6.07) is 13.8. The molecule has 2 rings (SSSR count). The highest BCUT2D eigenvalue weighted by atomic mass is 127. The minimum absolute atomic E-state index is 0.0646. The van der Waals surface area contributed by atoms with E-state index in [0.717, 1.165) is 0 Å². The van der Waals surface area contributed by atoms with Gasteiger partial charge in [0.2, 0.25) is 0 Å². The number of halogens is 1. The van der Waals surface area contributed by atoms with Gasteiger partial charge in [0.25, 0.3) is 5.69 Å². The van der Waals surface area contributed by atoms with Crippen molar-refractivity contribution >= 4 is 28.3 Å². The van der Waals surface area contributed by atoms with Gasteiger partial charge in [0.15, 0.2) is 0 Å². The lowest BCUT2D eigenvalue weighted by molar-refractivity contribution is -0.385. The minimum atomic E-state index is -0.422. The zero-order chi connectivity index (χ0) is 12.3. The first-order valence-electron chi connectivity index (χ1n) is 4.83. The molecule has 86 valence electrons. The molecular weight excluding hydrogens is 333 g/mol. The molecule has 0 saturated carbocycles. The van der Waals surface area contributed by atoms with Crippen LogP contribution >= 0.6 is 22.6 Å². The van der Waals surface area contributed by atoms with E-state index in [1.54, 1.807) is 6.07 Å². The first-order chi connectivity index (χ1) is 8.16. The molecule has 0 heterocycles. The Hall–Kier alpha value is -1.63. The summed E-state index contributed by atoms with van der Waals surface area (Å²) in [5.41, 5.74) is 0.0646. The van der Waals surface area contributed by atoms with Gasteiger partial charge in [0.05, 0.1) is 8.49 Å². The number of nitro benzene ring substituents is 1. The molecule has 0 spiro atoms. The second-order valence-corrected chi connectivity index (χ2v) is 4.45. The van der Waals surface area contributed by atoms with Crippen molar-refractivity contribution in [3.63, 3.8) is 0 Å². The van der Waals surface area contributed by atoms with Crippen molar-refractivity contribution in [1.82, 2.24) is 0 Å². The standard InChI is InChI=1S/C12H8INO3/c13-11-8-9(14(15)16)6-7-12(11)17-10-4-2-1-3-5-10/h1-8H.